The van der Waals surface area contributed by atoms with Crippen LogP contribution in [0.4, 0.5) is 0 Å². The third-order valence-corrected chi connectivity index (χ3v) is 9.76. The fourth-order valence-corrected chi connectivity index (χ4v) is 7.93. The molecule has 0 atom stereocenters. The zero-order chi connectivity index (χ0) is 29.8. The van der Waals surface area contributed by atoms with E-state index in [2.05, 4.69) is 182 Å². The second-order valence-corrected chi connectivity index (χ2v) is 12.0. The molecule has 0 radical (unpaired) electrons. The Bertz CT molecular complexity index is 2310. The third kappa shape index (κ3) is 3.73. The average Bonchev–Trinajstić information content (AvgIpc) is 3.43. The van der Waals surface area contributed by atoms with Crippen molar-refractivity contribution < 1.29 is 0 Å². The van der Waals surface area contributed by atoms with Crippen LogP contribution in [0.15, 0.2) is 182 Å². The smallest absolute Gasteiger partial charge is 0.0622 e. The van der Waals surface area contributed by atoms with E-state index in [0.717, 1.165) is 0 Å². The molecule has 8 aromatic carbocycles. The molecule has 0 unspecified atom stereocenters. The van der Waals surface area contributed by atoms with Gasteiger partial charge in [-0.1, -0.05) is 176 Å². The van der Waals surface area contributed by atoms with Crippen LogP contribution in [0.3, 0.4) is 0 Å². The number of hydrogen-bond donors (Lipinski definition) is 0. The van der Waals surface area contributed by atoms with Crippen LogP contribution in [0.5, 0.6) is 0 Å². The van der Waals surface area contributed by atoms with E-state index in [1.165, 1.54) is 77.2 Å². The maximum atomic E-state index is 2.52. The van der Waals surface area contributed by atoms with E-state index in [1.807, 2.05) is 0 Å². The molecular weight excluding hydrogens is 540 g/mol. The van der Waals surface area contributed by atoms with E-state index < -0.39 is 5.41 Å². The van der Waals surface area contributed by atoms with Gasteiger partial charge in [0.1, 0.15) is 0 Å². The standard InChI is InChI=1S/C45H30/c1-4-16-31(17-5-1)34-28-29-38(36-23-11-10-22-35(34)36)41-30-43-44(39-25-13-12-24-37(39)41)40-26-14-15-27-42(40)45(43,32-18-6-2-7-19-32)33-20-8-3-9-21-33/h1-30H. The van der Waals surface area contributed by atoms with Crippen molar-refractivity contribution in [3.8, 4) is 33.4 Å². The first-order chi connectivity index (χ1) is 22.4. The van der Waals surface area contributed by atoms with Gasteiger partial charge in [0.15, 0.2) is 0 Å². The predicted molar refractivity (Wildman–Crippen MR) is 190 cm³/mol. The first-order valence-corrected chi connectivity index (χ1v) is 15.7. The van der Waals surface area contributed by atoms with Crippen molar-refractivity contribution >= 4 is 21.5 Å². The molecule has 210 valence electrons. The Balaban J connectivity index is 1.43. The summed E-state index contributed by atoms with van der Waals surface area (Å²) in [4.78, 5) is 0. The number of rotatable bonds is 4. The lowest BCUT2D eigenvalue weighted by Crippen LogP contribution is -2.28. The highest BCUT2D eigenvalue weighted by Gasteiger charge is 2.47. The topological polar surface area (TPSA) is 0 Å². The maximum absolute atomic E-state index is 2.52. The molecule has 45 heavy (non-hydrogen) atoms. The van der Waals surface area contributed by atoms with Gasteiger partial charge in [-0.05, 0) is 83.2 Å². The predicted octanol–water partition coefficient (Wildman–Crippen LogP) is 11.7. The van der Waals surface area contributed by atoms with E-state index in [-0.39, 0.29) is 0 Å². The normalized spacial score (nSPS) is 13.1. The molecule has 0 N–H and O–H groups in total. The Kier molecular flexibility index (Phi) is 5.83. The highest BCUT2D eigenvalue weighted by Crippen LogP contribution is 2.59. The van der Waals surface area contributed by atoms with Crippen molar-refractivity contribution in [1.29, 1.82) is 0 Å². The summed E-state index contributed by atoms with van der Waals surface area (Å²) in [6.07, 6.45) is 0. The second-order valence-electron chi connectivity index (χ2n) is 12.0. The number of fused-ring (bicyclic) bond motifs is 6. The number of benzene rings is 8. The van der Waals surface area contributed by atoms with E-state index in [9.17, 15) is 0 Å². The molecule has 0 aromatic heterocycles. The minimum Gasteiger partial charge on any atom is -0.0622 e. The van der Waals surface area contributed by atoms with Gasteiger partial charge in [-0.3, -0.25) is 0 Å². The molecule has 0 saturated carbocycles. The Hall–Kier alpha value is -5.72. The Labute approximate surface area is 263 Å². The minimum atomic E-state index is -0.451. The molecule has 0 spiro atoms. The molecule has 1 aliphatic carbocycles. The van der Waals surface area contributed by atoms with Crippen LogP contribution in [0, 0.1) is 0 Å². The van der Waals surface area contributed by atoms with Crippen LogP contribution < -0.4 is 0 Å². The van der Waals surface area contributed by atoms with Gasteiger partial charge in [-0.2, -0.15) is 0 Å². The van der Waals surface area contributed by atoms with Crippen molar-refractivity contribution in [1.82, 2.24) is 0 Å². The van der Waals surface area contributed by atoms with Crippen molar-refractivity contribution in [2.24, 2.45) is 0 Å². The van der Waals surface area contributed by atoms with E-state index in [4.69, 9.17) is 0 Å². The van der Waals surface area contributed by atoms with Gasteiger partial charge in [0.25, 0.3) is 0 Å². The summed E-state index contributed by atoms with van der Waals surface area (Å²) in [5, 5.41) is 5.11. The summed E-state index contributed by atoms with van der Waals surface area (Å²) in [5.41, 5.74) is 12.5. The molecule has 0 saturated heterocycles. The number of hydrogen-bond acceptors (Lipinski definition) is 0. The molecule has 0 aliphatic heterocycles. The third-order valence-electron chi connectivity index (χ3n) is 9.76. The van der Waals surface area contributed by atoms with E-state index in [0.29, 0.717) is 0 Å². The summed E-state index contributed by atoms with van der Waals surface area (Å²) < 4.78 is 0. The van der Waals surface area contributed by atoms with E-state index >= 15 is 0 Å². The fourth-order valence-electron chi connectivity index (χ4n) is 7.93. The van der Waals surface area contributed by atoms with Crippen LogP contribution >= 0.6 is 0 Å². The quantitative estimate of drug-likeness (QED) is 0.197. The van der Waals surface area contributed by atoms with Crippen LogP contribution in [0.25, 0.3) is 54.9 Å². The highest BCUT2D eigenvalue weighted by molar-refractivity contribution is 6.14. The average molecular weight is 571 g/mol. The Morgan fingerprint density at radius 2 is 0.756 bits per heavy atom. The van der Waals surface area contributed by atoms with Gasteiger partial charge in [-0.25, -0.2) is 0 Å². The maximum Gasteiger partial charge on any atom is 0.0714 e. The minimum absolute atomic E-state index is 0.451. The zero-order valence-electron chi connectivity index (χ0n) is 24.8. The zero-order valence-corrected chi connectivity index (χ0v) is 24.8. The van der Waals surface area contributed by atoms with Gasteiger partial charge in [-0.15, -0.1) is 0 Å². The molecule has 0 nitrogen and oxygen atoms in total. The molecule has 0 bridgehead atoms. The van der Waals surface area contributed by atoms with Gasteiger partial charge >= 0.3 is 0 Å². The highest BCUT2D eigenvalue weighted by atomic mass is 14.5. The van der Waals surface area contributed by atoms with Crippen LogP contribution in [0.1, 0.15) is 22.3 Å². The molecular formula is C45H30. The monoisotopic (exact) mass is 570 g/mol. The molecule has 9 rings (SSSR count). The first kappa shape index (κ1) is 25.7. The van der Waals surface area contributed by atoms with Gasteiger partial charge < -0.3 is 0 Å². The lowest BCUT2D eigenvalue weighted by atomic mass is 9.67. The summed E-state index contributed by atoms with van der Waals surface area (Å²) in [6, 6.07) is 67.0. The summed E-state index contributed by atoms with van der Waals surface area (Å²) in [6.45, 7) is 0. The first-order valence-electron chi connectivity index (χ1n) is 15.7. The lowest BCUT2D eigenvalue weighted by molar-refractivity contribution is 0.769. The van der Waals surface area contributed by atoms with Gasteiger partial charge in [0.2, 0.25) is 0 Å². The summed E-state index contributed by atoms with van der Waals surface area (Å²) >= 11 is 0. The van der Waals surface area contributed by atoms with Crippen molar-refractivity contribution in [3.05, 3.63) is 204 Å². The van der Waals surface area contributed by atoms with Crippen LogP contribution in [-0.2, 0) is 5.41 Å². The largest absolute Gasteiger partial charge is 0.0714 e. The SMILES string of the molecule is c1ccc(-c2ccc(-c3cc4c(c5ccccc35)-c3ccccc3C4(c3ccccc3)c3ccccc3)c3ccccc23)cc1. The summed E-state index contributed by atoms with van der Waals surface area (Å²) in [5.74, 6) is 0. The molecule has 0 amide bonds. The second kappa shape index (κ2) is 10.2. The van der Waals surface area contributed by atoms with E-state index in [1.54, 1.807) is 0 Å². The van der Waals surface area contributed by atoms with Gasteiger partial charge in [0.05, 0.1) is 5.41 Å². The van der Waals surface area contributed by atoms with Crippen LogP contribution in [-0.4, -0.2) is 0 Å². The molecule has 0 heterocycles. The Morgan fingerprint density at radius 1 is 0.289 bits per heavy atom. The van der Waals surface area contributed by atoms with Crippen molar-refractivity contribution in [2.75, 3.05) is 0 Å². The molecule has 0 fully saturated rings. The van der Waals surface area contributed by atoms with Crippen molar-refractivity contribution in [3.63, 3.8) is 0 Å². The van der Waals surface area contributed by atoms with Crippen LogP contribution in [0.2, 0.25) is 0 Å². The molecule has 8 aromatic rings. The molecule has 0 heteroatoms. The van der Waals surface area contributed by atoms with Gasteiger partial charge in [0, 0.05) is 0 Å². The van der Waals surface area contributed by atoms with Crippen molar-refractivity contribution in [2.45, 2.75) is 5.41 Å². The molecule has 1 aliphatic rings. The Morgan fingerprint density at radius 3 is 1.40 bits per heavy atom. The fraction of sp³-hybridized carbons (Fsp3) is 0.0222. The lowest BCUT2D eigenvalue weighted by Gasteiger charge is -2.34. The summed E-state index contributed by atoms with van der Waals surface area (Å²) in [7, 11) is 0.